The van der Waals surface area contributed by atoms with Crippen LogP contribution in [0.5, 0.6) is 0 Å². The van der Waals surface area contributed by atoms with Gasteiger partial charge in [0.25, 0.3) is 15.7 Å². The molecule has 4 heterocycles. The molecule has 15 nitrogen and oxygen atoms in total. The van der Waals surface area contributed by atoms with Crippen LogP contribution in [0.2, 0.25) is 0 Å². The van der Waals surface area contributed by atoms with Crippen LogP contribution in [0.4, 0.5) is 0 Å². The molecule has 2 aromatic heterocycles. The van der Waals surface area contributed by atoms with Crippen LogP contribution in [0.25, 0.3) is 11.0 Å². The maximum atomic E-state index is 10.9. The Morgan fingerprint density at radius 3 is 2.19 bits per heavy atom. The van der Waals surface area contributed by atoms with E-state index in [1.54, 1.807) is 0 Å². The van der Waals surface area contributed by atoms with Crippen LogP contribution in [0.3, 0.4) is 0 Å². The van der Waals surface area contributed by atoms with Crippen molar-refractivity contribution in [2.45, 2.75) is 24.4 Å². The van der Waals surface area contributed by atoms with Gasteiger partial charge in [0.05, 0.1) is 25.7 Å². The van der Waals surface area contributed by atoms with E-state index in [1.165, 1.54) is 12.5 Å². The predicted molar refractivity (Wildman–Crippen MR) is 77.7 cm³/mol. The van der Waals surface area contributed by atoms with Gasteiger partial charge in [0.15, 0.2) is 17.9 Å². The number of aromatic amines is 2. The van der Waals surface area contributed by atoms with Gasteiger partial charge < -0.3 is 24.1 Å². The molecule has 0 amide bonds. The van der Waals surface area contributed by atoms with E-state index in [4.69, 9.17) is 9.47 Å². The molecule has 140 valence electrons. The summed E-state index contributed by atoms with van der Waals surface area (Å²) >= 11 is 0. The van der Waals surface area contributed by atoms with Crippen LogP contribution in [0, 0.1) is 20.2 Å². The normalized spacial score (nSPS) is 26.6. The summed E-state index contributed by atoms with van der Waals surface area (Å²) in [7, 11) is 0. The largest absolute Gasteiger partial charge is 0.371 e. The molecule has 0 aliphatic carbocycles. The highest BCUT2D eigenvalue weighted by Gasteiger charge is 2.51. The first kappa shape index (κ1) is 17.5. The van der Waals surface area contributed by atoms with E-state index >= 15 is 0 Å². The molecule has 2 aromatic rings. The molecule has 0 bridgehead atoms. The summed E-state index contributed by atoms with van der Waals surface area (Å²) in [6, 6.07) is 0. The van der Waals surface area contributed by atoms with Crippen molar-refractivity contribution in [3.05, 3.63) is 43.1 Å². The molecule has 0 radical (unpaired) electrons. The van der Waals surface area contributed by atoms with Gasteiger partial charge in [-0.3, -0.25) is 9.89 Å². The third-order valence-electron chi connectivity index (χ3n) is 3.66. The zero-order chi connectivity index (χ0) is 18.7. The highest BCUT2D eigenvalue weighted by Crippen LogP contribution is 2.30. The maximum Gasteiger partial charge on any atom is 0.294 e. The van der Waals surface area contributed by atoms with Crippen LogP contribution < -0.4 is 5.56 Å². The summed E-state index contributed by atoms with van der Waals surface area (Å²) in [6.07, 6.45) is -0.337. The number of ether oxygens (including phenoxy) is 2. The second-order valence-electron chi connectivity index (χ2n) is 5.19. The lowest BCUT2D eigenvalue weighted by Gasteiger charge is -2.13. The molecule has 0 unspecified atom stereocenters. The second kappa shape index (κ2) is 7.28. The van der Waals surface area contributed by atoms with Crippen LogP contribution in [0.1, 0.15) is 0 Å². The number of nitrogens with one attached hydrogen (secondary N) is 2. The number of hydrogen-bond donors (Lipinski definition) is 2. The van der Waals surface area contributed by atoms with Gasteiger partial charge >= 0.3 is 0 Å². The topological polar surface area (TPSA) is 198 Å². The Hall–Kier alpha value is -3.33. The fourth-order valence-corrected chi connectivity index (χ4v) is 2.61. The zero-order valence-electron chi connectivity index (χ0n) is 12.8. The highest BCUT2D eigenvalue weighted by atomic mass is 17.0. The second-order valence-corrected chi connectivity index (χ2v) is 5.19. The van der Waals surface area contributed by atoms with E-state index in [2.05, 4.69) is 29.8 Å². The van der Waals surface area contributed by atoms with Crippen LogP contribution in [0.15, 0.2) is 17.3 Å². The average molecular weight is 372 g/mol. The van der Waals surface area contributed by atoms with Crippen molar-refractivity contribution >= 4 is 11.0 Å². The van der Waals surface area contributed by atoms with Gasteiger partial charge in [0.1, 0.15) is 17.6 Å². The first-order chi connectivity index (χ1) is 12.5. The molecule has 2 aliphatic rings. The summed E-state index contributed by atoms with van der Waals surface area (Å²) in [5.74, 6) is 0. The number of aromatic nitrogens is 4. The summed E-state index contributed by atoms with van der Waals surface area (Å²) < 4.78 is 10.2. The van der Waals surface area contributed by atoms with Crippen molar-refractivity contribution in [2.24, 2.45) is 0 Å². The molecular weight excluding hydrogens is 360 g/mol. The molecule has 26 heavy (non-hydrogen) atoms. The SMILES string of the molecule is O=[N+]([O-])O[C@H]1CO[C@H]2[C@@H]1OC[C@H]2O[N+](=O)[O-].O=c1[nH]cnc2[nH]ncc12. The molecule has 4 rings (SSSR count). The molecule has 0 spiro atoms. The first-order valence-corrected chi connectivity index (χ1v) is 7.18. The zero-order valence-corrected chi connectivity index (χ0v) is 12.8. The van der Waals surface area contributed by atoms with E-state index in [0.717, 1.165) is 0 Å². The molecular formula is C11H12N6O9. The summed E-state index contributed by atoms with van der Waals surface area (Å²) in [6.45, 7) is -0.0955. The number of H-pyrrole nitrogens is 2. The van der Waals surface area contributed by atoms with Crippen molar-refractivity contribution in [2.75, 3.05) is 13.2 Å². The molecule has 0 saturated carbocycles. The van der Waals surface area contributed by atoms with Crippen molar-refractivity contribution in [1.29, 1.82) is 0 Å². The van der Waals surface area contributed by atoms with Gasteiger partial charge in [-0.15, -0.1) is 20.2 Å². The predicted octanol–water partition coefficient (Wildman–Crippen LogP) is -1.42. The van der Waals surface area contributed by atoms with Gasteiger partial charge in [0, 0.05) is 0 Å². The Morgan fingerprint density at radius 1 is 1.12 bits per heavy atom. The fourth-order valence-electron chi connectivity index (χ4n) is 2.61. The lowest BCUT2D eigenvalue weighted by Crippen LogP contribution is -2.35. The van der Waals surface area contributed by atoms with Gasteiger partial charge in [-0.05, 0) is 0 Å². The fraction of sp³-hybridized carbons (Fsp3) is 0.545. The van der Waals surface area contributed by atoms with E-state index in [-0.39, 0.29) is 18.8 Å². The molecule has 15 heteroatoms. The quantitative estimate of drug-likeness (QED) is 0.472. The highest BCUT2D eigenvalue weighted by molar-refractivity contribution is 5.71. The van der Waals surface area contributed by atoms with Gasteiger partial charge in [0.2, 0.25) is 0 Å². The molecule has 2 aliphatic heterocycles. The van der Waals surface area contributed by atoms with Crippen molar-refractivity contribution in [3.8, 4) is 0 Å². The number of rotatable bonds is 4. The minimum absolute atomic E-state index is 0.0477. The van der Waals surface area contributed by atoms with Crippen LogP contribution in [-0.4, -0.2) is 68.0 Å². The maximum absolute atomic E-state index is 10.9. The summed E-state index contributed by atoms with van der Waals surface area (Å²) in [5, 5.41) is 25.1. The Morgan fingerprint density at radius 2 is 1.69 bits per heavy atom. The average Bonchev–Trinajstić information content (AvgIpc) is 3.26. The molecule has 2 saturated heterocycles. The standard InChI is InChI=1S/C6H8N2O8.C5H4N4O/c9-7(10)15-3-1-13-6-4(16-8(11)12)2-14-5(3)6;10-5-3-1-8-9-4(3)6-2-7-5/h3-6H,1-2H2;1-2H,(H2,6,7,8,9,10)/t3-,4+,5-,6-;/m1./s1. The van der Waals surface area contributed by atoms with E-state index in [9.17, 15) is 25.0 Å². The number of fused-ring (bicyclic) bond motifs is 2. The van der Waals surface area contributed by atoms with Crippen LogP contribution in [-0.2, 0) is 19.1 Å². The van der Waals surface area contributed by atoms with Gasteiger partial charge in [-0.25, -0.2) is 4.98 Å². The Labute approximate surface area is 142 Å². The third-order valence-corrected chi connectivity index (χ3v) is 3.66. The Kier molecular flexibility index (Phi) is 4.90. The molecule has 2 fully saturated rings. The van der Waals surface area contributed by atoms with E-state index < -0.39 is 34.6 Å². The Bertz CT molecular complexity index is 822. The first-order valence-electron chi connectivity index (χ1n) is 7.18. The number of nitrogens with zero attached hydrogens (tertiary/aromatic N) is 4. The smallest absolute Gasteiger partial charge is 0.294 e. The van der Waals surface area contributed by atoms with Gasteiger partial charge in [-0.2, -0.15) is 5.10 Å². The Balaban J connectivity index is 0.000000167. The molecule has 4 atom stereocenters. The van der Waals surface area contributed by atoms with Crippen molar-refractivity contribution < 1.29 is 29.3 Å². The van der Waals surface area contributed by atoms with Crippen molar-refractivity contribution in [3.63, 3.8) is 0 Å². The van der Waals surface area contributed by atoms with Gasteiger partial charge in [-0.1, -0.05) is 0 Å². The van der Waals surface area contributed by atoms with E-state index in [0.29, 0.717) is 11.0 Å². The lowest BCUT2D eigenvalue weighted by molar-refractivity contribution is -0.769. The lowest BCUT2D eigenvalue weighted by atomic mass is 10.1. The summed E-state index contributed by atoms with van der Waals surface area (Å²) in [5.41, 5.74) is 0.350. The monoisotopic (exact) mass is 372 g/mol. The minimum Gasteiger partial charge on any atom is -0.371 e. The van der Waals surface area contributed by atoms with E-state index in [1.807, 2.05) is 0 Å². The third kappa shape index (κ3) is 3.67. The van der Waals surface area contributed by atoms with Crippen LogP contribution >= 0.6 is 0 Å². The molecule has 2 N–H and O–H groups in total. The van der Waals surface area contributed by atoms with Crippen molar-refractivity contribution in [1.82, 2.24) is 20.2 Å². The summed E-state index contributed by atoms with van der Waals surface area (Å²) in [4.78, 5) is 46.1. The minimum atomic E-state index is -0.943. The number of hydrogen-bond acceptors (Lipinski definition) is 11. The molecule has 0 aromatic carbocycles.